The van der Waals surface area contributed by atoms with Crippen molar-refractivity contribution in [2.75, 3.05) is 0 Å². The Balaban J connectivity index is 1.55. The number of benzene rings is 3. The Hall–Kier alpha value is -2.22. The summed E-state index contributed by atoms with van der Waals surface area (Å²) < 4.78 is 28.3. The topological polar surface area (TPSA) is 0 Å². The van der Waals surface area contributed by atoms with Gasteiger partial charge in [0, 0.05) is 10.9 Å². The highest BCUT2D eigenvalue weighted by atomic mass is 19.1. The summed E-state index contributed by atoms with van der Waals surface area (Å²) in [5, 5.41) is 1.59. The van der Waals surface area contributed by atoms with Gasteiger partial charge < -0.3 is 0 Å². The largest absolute Gasteiger partial charge is 0.207 e. The lowest BCUT2D eigenvalue weighted by atomic mass is 9.77. The van der Waals surface area contributed by atoms with Gasteiger partial charge in [0.1, 0.15) is 11.6 Å². The summed E-state index contributed by atoms with van der Waals surface area (Å²) in [6.45, 7) is 2.27. The van der Waals surface area contributed by atoms with Gasteiger partial charge >= 0.3 is 0 Å². The number of rotatable bonds is 5. The average Bonchev–Trinajstić information content (AvgIpc) is 2.73. The molecule has 146 valence electrons. The monoisotopic (exact) mass is 378 g/mol. The highest BCUT2D eigenvalue weighted by Crippen LogP contribution is 2.39. The van der Waals surface area contributed by atoms with E-state index in [1.54, 1.807) is 12.1 Å². The van der Waals surface area contributed by atoms with E-state index in [2.05, 4.69) is 19.1 Å². The second kappa shape index (κ2) is 8.43. The highest BCUT2D eigenvalue weighted by molar-refractivity contribution is 5.88. The summed E-state index contributed by atoms with van der Waals surface area (Å²) >= 11 is 0. The van der Waals surface area contributed by atoms with Crippen LogP contribution in [0, 0.1) is 17.6 Å². The van der Waals surface area contributed by atoms with Crippen molar-refractivity contribution in [3.05, 3.63) is 71.8 Å². The summed E-state index contributed by atoms with van der Waals surface area (Å²) in [5.74, 6) is 0.965. The highest BCUT2D eigenvalue weighted by Gasteiger charge is 2.22. The maximum Gasteiger partial charge on any atom is 0.138 e. The van der Waals surface area contributed by atoms with Crippen molar-refractivity contribution in [3.63, 3.8) is 0 Å². The number of unbranched alkanes of at least 4 members (excludes halogenated alkanes) is 1. The second-order valence-corrected chi connectivity index (χ2v) is 8.27. The van der Waals surface area contributed by atoms with E-state index in [4.69, 9.17) is 0 Å². The zero-order valence-corrected chi connectivity index (χ0v) is 16.6. The Bertz CT molecular complexity index is 935. The van der Waals surface area contributed by atoms with Crippen LogP contribution in [0.3, 0.4) is 0 Å². The molecule has 0 aliphatic heterocycles. The van der Waals surface area contributed by atoms with E-state index in [0.717, 1.165) is 11.3 Å². The normalized spacial score (nSPS) is 19.8. The van der Waals surface area contributed by atoms with Crippen LogP contribution < -0.4 is 0 Å². The molecule has 0 spiro atoms. The number of hydrogen-bond donors (Lipinski definition) is 0. The molecule has 0 heterocycles. The van der Waals surface area contributed by atoms with Gasteiger partial charge in [-0.05, 0) is 66.2 Å². The van der Waals surface area contributed by atoms with Crippen molar-refractivity contribution < 1.29 is 8.78 Å². The van der Waals surface area contributed by atoms with Crippen LogP contribution in [-0.2, 0) is 0 Å². The lowest BCUT2D eigenvalue weighted by Crippen LogP contribution is -2.13. The van der Waals surface area contributed by atoms with Gasteiger partial charge in [0.25, 0.3) is 0 Å². The molecule has 0 bridgehead atoms. The molecule has 3 aromatic rings. The van der Waals surface area contributed by atoms with Crippen molar-refractivity contribution in [1.82, 2.24) is 0 Å². The Morgan fingerprint density at radius 1 is 0.857 bits per heavy atom. The first-order chi connectivity index (χ1) is 13.7. The second-order valence-electron chi connectivity index (χ2n) is 8.27. The molecule has 0 amide bonds. The molecule has 0 aromatic heterocycles. The first-order valence-corrected chi connectivity index (χ1v) is 10.6. The van der Waals surface area contributed by atoms with Gasteiger partial charge in [-0.15, -0.1) is 0 Å². The molecule has 0 nitrogen and oxygen atoms in total. The quantitative estimate of drug-likeness (QED) is 0.419. The molecule has 4 rings (SSSR count). The Morgan fingerprint density at radius 3 is 2.32 bits per heavy atom. The van der Waals surface area contributed by atoms with E-state index in [1.165, 1.54) is 62.6 Å². The van der Waals surface area contributed by atoms with Crippen LogP contribution in [0.1, 0.15) is 63.4 Å². The molecule has 3 aromatic carbocycles. The van der Waals surface area contributed by atoms with Crippen molar-refractivity contribution in [3.8, 4) is 11.1 Å². The molecule has 0 radical (unpaired) electrons. The van der Waals surface area contributed by atoms with Gasteiger partial charge in [-0.2, -0.15) is 0 Å². The minimum Gasteiger partial charge on any atom is -0.207 e. The molecule has 1 fully saturated rings. The van der Waals surface area contributed by atoms with E-state index in [1.807, 2.05) is 18.2 Å². The Kier molecular flexibility index (Phi) is 5.75. The summed E-state index contributed by atoms with van der Waals surface area (Å²) in [4.78, 5) is 0. The molecule has 1 aliphatic carbocycles. The molecule has 1 saturated carbocycles. The molecule has 0 saturated heterocycles. The van der Waals surface area contributed by atoms with Crippen LogP contribution in [0.15, 0.2) is 54.6 Å². The van der Waals surface area contributed by atoms with Crippen molar-refractivity contribution in [1.29, 1.82) is 0 Å². The molecular weight excluding hydrogens is 350 g/mol. The maximum atomic E-state index is 15.1. The summed E-state index contributed by atoms with van der Waals surface area (Å²) in [5.41, 5.74) is 2.57. The number of halogens is 2. The molecule has 1 aliphatic rings. The first-order valence-electron chi connectivity index (χ1n) is 10.6. The third-order valence-electron chi connectivity index (χ3n) is 6.42. The molecule has 28 heavy (non-hydrogen) atoms. The standard InChI is InChI=1S/C26H28F2/c1-2-3-4-18-5-7-19(8-6-18)21-11-15-25-22(17-21)12-16-24(26(25)28)20-9-13-23(27)14-10-20/h9-19H,2-8H2,1H3/t18-,19-. The van der Waals surface area contributed by atoms with Gasteiger partial charge in [-0.25, -0.2) is 8.78 Å². The zero-order valence-electron chi connectivity index (χ0n) is 16.6. The first kappa shape index (κ1) is 19.1. The van der Waals surface area contributed by atoms with Gasteiger partial charge in [0.2, 0.25) is 0 Å². The molecule has 0 atom stereocenters. The summed E-state index contributed by atoms with van der Waals surface area (Å²) in [6, 6.07) is 16.0. The fourth-order valence-corrected chi connectivity index (χ4v) is 4.69. The smallest absolute Gasteiger partial charge is 0.138 e. The minimum atomic E-state index is -0.306. The number of fused-ring (bicyclic) bond motifs is 1. The molecular formula is C26H28F2. The van der Waals surface area contributed by atoms with Gasteiger partial charge in [0.15, 0.2) is 0 Å². The van der Waals surface area contributed by atoms with Gasteiger partial charge in [0.05, 0.1) is 0 Å². The fraction of sp³-hybridized carbons (Fsp3) is 0.385. The predicted molar refractivity (Wildman–Crippen MR) is 114 cm³/mol. The summed E-state index contributed by atoms with van der Waals surface area (Å²) in [7, 11) is 0. The summed E-state index contributed by atoms with van der Waals surface area (Å²) in [6.07, 6.45) is 9.14. The van der Waals surface area contributed by atoms with Crippen molar-refractivity contribution >= 4 is 10.8 Å². The SMILES string of the molecule is CCCC[C@H]1CC[C@H](c2ccc3c(F)c(-c4ccc(F)cc4)ccc3c2)CC1. The third-order valence-corrected chi connectivity index (χ3v) is 6.42. The van der Waals surface area contributed by atoms with E-state index >= 15 is 4.39 Å². The maximum absolute atomic E-state index is 15.1. The van der Waals surface area contributed by atoms with Crippen LogP contribution >= 0.6 is 0 Å². The Labute approximate surface area is 166 Å². The van der Waals surface area contributed by atoms with Crippen molar-refractivity contribution in [2.45, 2.75) is 57.8 Å². The number of hydrogen-bond acceptors (Lipinski definition) is 0. The predicted octanol–water partition coefficient (Wildman–Crippen LogP) is 8.25. The molecule has 2 heteroatoms. The van der Waals surface area contributed by atoms with E-state index in [-0.39, 0.29) is 11.6 Å². The lowest BCUT2D eigenvalue weighted by molar-refractivity contribution is 0.304. The minimum absolute atomic E-state index is 0.223. The Morgan fingerprint density at radius 2 is 1.61 bits per heavy atom. The van der Waals surface area contributed by atoms with Crippen LogP contribution in [0.5, 0.6) is 0 Å². The van der Waals surface area contributed by atoms with E-state index in [0.29, 0.717) is 22.4 Å². The zero-order chi connectivity index (χ0) is 19.5. The molecule has 0 N–H and O–H groups in total. The van der Waals surface area contributed by atoms with Gasteiger partial charge in [-0.3, -0.25) is 0 Å². The van der Waals surface area contributed by atoms with E-state index in [9.17, 15) is 4.39 Å². The van der Waals surface area contributed by atoms with Crippen LogP contribution in [0.4, 0.5) is 8.78 Å². The average molecular weight is 379 g/mol. The van der Waals surface area contributed by atoms with Crippen LogP contribution in [0.2, 0.25) is 0 Å². The van der Waals surface area contributed by atoms with Crippen LogP contribution in [0.25, 0.3) is 21.9 Å². The lowest BCUT2D eigenvalue weighted by Gasteiger charge is -2.29. The third kappa shape index (κ3) is 3.97. The van der Waals surface area contributed by atoms with Gasteiger partial charge in [-0.1, -0.05) is 68.7 Å². The fourth-order valence-electron chi connectivity index (χ4n) is 4.69. The molecule has 0 unspecified atom stereocenters. The van der Waals surface area contributed by atoms with Crippen LogP contribution in [-0.4, -0.2) is 0 Å². The van der Waals surface area contributed by atoms with E-state index < -0.39 is 0 Å². The van der Waals surface area contributed by atoms with Crippen molar-refractivity contribution in [2.24, 2.45) is 5.92 Å².